The number of aryl methyl sites for hydroxylation is 1. The van der Waals surface area contributed by atoms with Crippen molar-refractivity contribution < 1.29 is 37.8 Å². The Balaban J connectivity index is 1.52. The lowest BCUT2D eigenvalue weighted by atomic mass is 9.70. The maximum Gasteiger partial charge on any atom is 0.430 e. The molecule has 2 heterocycles. The molecule has 0 spiro atoms. The molecule has 0 amide bonds. The summed E-state index contributed by atoms with van der Waals surface area (Å²) >= 11 is 0. The molecular formula is C18H19BNO8S-. The zero-order chi connectivity index (χ0) is 20.8. The lowest BCUT2D eigenvalue weighted by Crippen LogP contribution is -2.56. The number of ether oxygens (including phenoxy) is 1. The standard InChI is InChI=1S/C18H19BNO8S/c21-18(22)16-15(7-6-12-8-9-19(23,24)28-17(12)16)27-13-10-20(11-13)29(25,26)14-4-2-1-3-5-14/h1-7,13,23-24H,8-11H2,(H,21,22)/q-1. The smallest absolute Gasteiger partial charge is 0.430 e. The van der Waals surface area contributed by atoms with Gasteiger partial charge in [-0.05, 0) is 30.2 Å². The Labute approximate surface area is 167 Å². The molecule has 29 heavy (non-hydrogen) atoms. The van der Waals surface area contributed by atoms with Gasteiger partial charge in [-0.3, -0.25) is 0 Å². The van der Waals surface area contributed by atoms with Crippen LogP contribution in [0.1, 0.15) is 15.9 Å². The normalized spacial score (nSPS) is 19.0. The first-order valence-corrected chi connectivity index (χ1v) is 10.5. The van der Waals surface area contributed by atoms with Crippen LogP contribution in [0.2, 0.25) is 6.32 Å². The number of hydrogen-bond acceptors (Lipinski definition) is 7. The number of carboxylic acid groups (broad SMARTS) is 1. The fourth-order valence-corrected chi connectivity index (χ4v) is 4.95. The summed E-state index contributed by atoms with van der Waals surface area (Å²) in [4.78, 5) is 12.0. The van der Waals surface area contributed by atoms with Gasteiger partial charge in [-0.2, -0.15) is 4.31 Å². The molecule has 2 aliphatic rings. The van der Waals surface area contributed by atoms with Crippen LogP contribution in [0.15, 0.2) is 47.4 Å². The van der Waals surface area contributed by atoms with Gasteiger partial charge in [-0.25, -0.2) is 13.2 Å². The minimum absolute atomic E-state index is 0.00786. The molecule has 0 aromatic heterocycles. The maximum atomic E-state index is 12.6. The molecule has 1 saturated heterocycles. The van der Waals surface area contributed by atoms with Gasteiger partial charge < -0.3 is 24.5 Å². The molecule has 9 nitrogen and oxygen atoms in total. The summed E-state index contributed by atoms with van der Waals surface area (Å²) in [6.45, 7) is -2.99. The van der Waals surface area contributed by atoms with E-state index < -0.39 is 28.9 Å². The van der Waals surface area contributed by atoms with Crippen molar-refractivity contribution in [2.24, 2.45) is 0 Å². The van der Waals surface area contributed by atoms with Crippen LogP contribution in [-0.2, 0) is 16.4 Å². The molecule has 0 unspecified atom stereocenters. The van der Waals surface area contributed by atoms with E-state index in [1.165, 1.54) is 22.5 Å². The molecule has 0 aliphatic carbocycles. The number of benzene rings is 2. The molecule has 3 N–H and O–H groups in total. The molecule has 4 rings (SSSR count). The van der Waals surface area contributed by atoms with E-state index in [0.717, 1.165) is 0 Å². The van der Waals surface area contributed by atoms with Gasteiger partial charge in [0.1, 0.15) is 17.4 Å². The topological polar surface area (TPSA) is 134 Å². The summed E-state index contributed by atoms with van der Waals surface area (Å²) in [6, 6.07) is 11.1. The Hall–Kier alpha value is -2.60. The molecule has 1 fully saturated rings. The highest BCUT2D eigenvalue weighted by atomic mass is 32.2. The van der Waals surface area contributed by atoms with Crippen molar-refractivity contribution in [3.05, 3.63) is 53.6 Å². The van der Waals surface area contributed by atoms with Crippen molar-refractivity contribution in [1.82, 2.24) is 4.31 Å². The average molecular weight is 420 g/mol. The Morgan fingerprint density at radius 3 is 2.48 bits per heavy atom. The van der Waals surface area contributed by atoms with Gasteiger partial charge in [0.25, 0.3) is 0 Å². The number of sulfonamides is 1. The van der Waals surface area contributed by atoms with Gasteiger partial charge in [-0.15, -0.1) is 0 Å². The molecule has 154 valence electrons. The second kappa shape index (κ2) is 7.03. The van der Waals surface area contributed by atoms with Gasteiger partial charge in [0.05, 0.1) is 23.7 Å². The van der Waals surface area contributed by atoms with Crippen LogP contribution < -0.4 is 9.39 Å². The predicted octanol–water partition coefficient (Wildman–Crippen LogP) is 0.695. The zero-order valence-electron chi connectivity index (χ0n) is 15.3. The summed E-state index contributed by atoms with van der Waals surface area (Å²) in [5.41, 5.74) is 0.234. The van der Waals surface area contributed by atoms with Crippen molar-refractivity contribution >= 4 is 22.7 Å². The van der Waals surface area contributed by atoms with Crippen LogP contribution in [0.4, 0.5) is 0 Å². The molecule has 2 aliphatic heterocycles. The number of carboxylic acids is 1. The molecule has 11 heteroatoms. The van der Waals surface area contributed by atoms with E-state index in [4.69, 9.17) is 9.39 Å². The molecular weight excluding hydrogens is 401 g/mol. The largest absolute Gasteiger partial charge is 0.669 e. The van der Waals surface area contributed by atoms with E-state index >= 15 is 0 Å². The number of aromatic carboxylic acids is 1. The summed E-state index contributed by atoms with van der Waals surface area (Å²) in [6.07, 6.45) is -0.303. The number of hydrogen-bond donors (Lipinski definition) is 3. The summed E-state index contributed by atoms with van der Waals surface area (Å²) in [5.74, 6) is -1.47. The summed E-state index contributed by atoms with van der Waals surface area (Å²) < 4.78 is 37.2. The summed E-state index contributed by atoms with van der Waals surface area (Å²) in [5, 5.41) is 29.2. The third-order valence-corrected chi connectivity index (χ3v) is 6.85. The fourth-order valence-electron chi connectivity index (χ4n) is 3.42. The molecule has 0 saturated carbocycles. The van der Waals surface area contributed by atoms with Crippen molar-refractivity contribution in [3.8, 4) is 11.5 Å². The lowest BCUT2D eigenvalue weighted by Gasteiger charge is -2.39. The molecule has 2 aromatic rings. The monoisotopic (exact) mass is 420 g/mol. The number of fused-ring (bicyclic) bond motifs is 1. The van der Waals surface area contributed by atoms with Crippen LogP contribution in [0.5, 0.6) is 11.5 Å². The quantitative estimate of drug-likeness (QED) is 0.602. The van der Waals surface area contributed by atoms with Gasteiger partial charge in [0, 0.05) is 0 Å². The molecule has 2 aromatic carbocycles. The van der Waals surface area contributed by atoms with Gasteiger partial charge >= 0.3 is 12.7 Å². The third kappa shape index (κ3) is 3.69. The van der Waals surface area contributed by atoms with Crippen LogP contribution in [0, 0.1) is 0 Å². The van der Waals surface area contributed by atoms with Crippen molar-refractivity contribution in [2.45, 2.75) is 23.7 Å². The third-order valence-electron chi connectivity index (χ3n) is 5.00. The van der Waals surface area contributed by atoms with Crippen LogP contribution in [0.25, 0.3) is 0 Å². The maximum absolute atomic E-state index is 12.6. The van der Waals surface area contributed by atoms with E-state index in [0.29, 0.717) is 5.56 Å². The summed E-state index contributed by atoms with van der Waals surface area (Å²) in [7, 11) is -3.63. The molecule has 0 bridgehead atoms. The van der Waals surface area contributed by atoms with Crippen molar-refractivity contribution in [2.75, 3.05) is 13.1 Å². The highest BCUT2D eigenvalue weighted by Crippen LogP contribution is 2.39. The average Bonchev–Trinajstić information content (AvgIpc) is 2.63. The minimum atomic E-state index is -3.63. The number of rotatable bonds is 5. The van der Waals surface area contributed by atoms with E-state index in [-0.39, 0.29) is 47.8 Å². The van der Waals surface area contributed by atoms with Crippen molar-refractivity contribution in [3.63, 3.8) is 0 Å². The van der Waals surface area contributed by atoms with Gasteiger partial charge in [0.2, 0.25) is 10.0 Å². The van der Waals surface area contributed by atoms with Crippen molar-refractivity contribution in [1.29, 1.82) is 0 Å². The van der Waals surface area contributed by atoms with E-state index in [2.05, 4.69) is 0 Å². The zero-order valence-corrected chi connectivity index (χ0v) is 16.1. The Morgan fingerprint density at radius 1 is 1.14 bits per heavy atom. The Kier molecular flexibility index (Phi) is 4.78. The van der Waals surface area contributed by atoms with Crippen LogP contribution in [-0.4, -0.2) is 59.8 Å². The number of nitrogens with zero attached hydrogens (tertiary/aromatic N) is 1. The highest BCUT2D eigenvalue weighted by molar-refractivity contribution is 7.89. The first-order valence-electron chi connectivity index (χ1n) is 9.08. The highest BCUT2D eigenvalue weighted by Gasteiger charge is 2.39. The van der Waals surface area contributed by atoms with Gasteiger partial charge in [0.15, 0.2) is 0 Å². The fraction of sp³-hybridized carbons (Fsp3) is 0.278. The van der Waals surface area contributed by atoms with E-state index in [9.17, 15) is 28.4 Å². The van der Waals surface area contributed by atoms with Crippen LogP contribution >= 0.6 is 0 Å². The molecule has 0 atom stereocenters. The Morgan fingerprint density at radius 2 is 1.83 bits per heavy atom. The molecule has 0 radical (unpaired) electrons. The van der Waals surface area contributed by atoms with E-state index in [1.807, 2.05) is 0 Å². The van der Waals surface area contributed by atoms with Gasteiger partial charge in [-0.1, -0.05) is 30.6 Å². The Bertz CT molecular complexity index is 1050. The predicted molar refractivity (Wildman–Crippen MR) is 102 cm³/mol. The lowest BCUT2D eigenvalue weighted by molar-refractivity contribution is 0.0631. The first-order chi connectivity index (χ1) is 13.7. The SMILES string of the molecule is O=C(O)c1c(OC2CN(S(=O)(=O)c3ccccc3)C2)ccc2c1O[B-](O)(O)CC2. The second-order valence-corrected chi connectivity index (χ2v) is 9.06. The minimum Gasteiger partial charge on any atom is -0.669 e. The van der Waals surface area contributed by atoms with E-state index in [1.54, 1.807) is 24.3 Å². The number of carbonyl (C=O) groups is 1. The van der Waals surface area contributed by atoms with Crippen LogP contribution in [0.3, 0.4) is 0 Å². The first kappa shape index (κ1) is 19.7. The second-order valence-electron chi connectivity index (χ2n) is 7.12.